The molecule has 1 amide bonds. The molecule has 1 fully saturated rings. The first-order valence-corrected chi connectivity index (χ1v) is 7.23. The monoisotopic (exact) mass is 291 g/mol. The van der Waals surface area contributed by atoms with Gasteiger partial charge in [0, 0.05) is 13.1 Å². The lowest BCUT2D eigenvalue weighted by molar-refractivity contribution is -0.152. The zero-order valence-corrected chi connectivity index (χ0v) is 12.7. The molecule has 1 aliphatic rings. The van der Waals surface area contributed by atoms with E-state index < -0.39 is 11.4 Å². The molecule has 1 aromatic heterocycles. The quantitative estimate of drug-likeness (QED) is 0.918. The lowest BCUT2D eigenvalue weighted by atomic mass is 9.76. The molecule has 6 heteroatoms. The Bertz CT molecular complexity index is 563. The molecule has 0 aromatic carbocycles. The number of amides is 1. The number of piperidine rings is 1. The molecule has 6 nitrogen and oxygen atoms in total. The minimum absolute atomic E-state index is 0.0828. The summed E-state index contributed by atoms with van der Waals surface area (Å²) in [6, 6.07) is 1.74. The molecular formula is C15H21N3O3. The van der Waals surface area contributed by atoms with E-state index >= 15 is 0 Å². The zero-order valence-electron chi connectivity index (χ0n) is 12.7. The van der Waals surface area contributed by atoms with Gasteiger partial charge < -0.3 is 10.0 Å². The van der Waals surface area contributed by atoms with E-state index in [1.54, 1.807) is 24.8 Å². The minimum atomic E-state index is -0.755. The van der Waals surface area contributed by atoms with Gasteiger partial charge in [0.1, 0.15) is 0 Å². The van der Waals surface area contributed by atoms with Crippen molar-refractivity contribution in [1.82, 2.24) is 15.1 Å². The Morgan fingerprint density at radius 2 is 1.90 bits per heavy atom. The molecule has 1 aliphatic heterocycles. The SMILES string of the molecule is CCC1(C(=O)O)CCN(C(=O)c2cc(C)nnc2C)CC1. The lowest BCUT2D eigenvalue weighted by Gasteiger charge is -2.38. The first kappa shape index (κ1) is 15.4. The Balaban J connectivity index is 2.13. The van der Waals surface area contributed by atoms with Crippen LogP contribution in [0.4, 0.5) is 0 Å². The fraction of sp³-hybridized carbons (Fsp3) is 0.600. The topological polar surface area (TPSA) is 83.4 Å². The Morgan fingerprint density at radius 1 is 1.29 bits per heavy atom. The number of rotatable bonds is 3. The van der Waals surface area contributed by atoms with Crippen LogP contribution in [0.25, 0.3) is 0 Å². The molecule has 1 saturated heterocycles. The van der Waals surface area contributed by atoms with Crippen LogP contribution in [0.15, 0.2) is 6.07 Å². The van der Waals surface area contributed by atoms with Gasteiger partial charge in [-0.2, -0.15) is 10.2 Å². The first-order valence-electron chi connectivity index (χ1n) is 7.23. The summed E-state index contributed by atoms with van der Waals surface area (Å²) in [5.41, 5.74) is 1.19. The van der Waals surface area contributed by atoms with Crippen molar-refractivity contribution in [2.24, 2.45) is 5.41 Å². The smallest absolute Gasteiger partial charge is 0.309 e. The molecule has 0 bridgehead atoms. The van der Waals surface area contributed by atoms with E-state index in [1.807, 2.05) is 6.92 Å². The predicted molar refractivity (Wildman–Crippen MR) is 77.0 cm³/mol. The molecule has 0 radical (unpaired) electrons. The Kier molecular flexibility index (Phi) is 4.25. The van der Waals surface area contributed by atoms with Gasteiger partial charge in [0.05, 0.1) is 22.4 Å². The van der Waals surface area contributed by atoms with E-state index in [4.69, 9.17) is 0 Å². The Hall–Kier alpha value is -1.98. The average molecular weight is 291 g/mol. The molecule has 1 N–H and O–H groups in total. The average Bonchev–Trinajstić information content (AvgIpc) is 2.49. The number of nitrogens with zero attached hydrogens (tertiary/aromatic N) is 3. The van der Waals surface area contributed by atoms with Gasteiger partial charge in [-0.25, -0.2) is 0 Å². The number of carbonyl (C=O) groups excluding carboxylic acids is 1. The molecule has 0 atom stereocenters. The van der Waals surface area contributed by atoms with E-state index in [2.05, 4.69) is 10.2 Å². The third kappa shape index (κ3) is 2.89. The number of carboxylic acid groups (broad SMARTS) is 1. The van der Waals surface area contributed by atoms with E-state index in [0.717, 1.165) is 0 Å². The molecular weight excluding hydrogens is 270 g/mol. The van der Waals surface area contributed by atoms with Crippen LogP contribution in [-0.4, -0.2) is 45.2 Å². The summed E-state index contributed by atoms with van der Waals surface area (Å²) in [4.78, 5) is 25.7. The maximum absolute atomic E-state index is 12.6. The van der Waals surface area contributed by atoms with Crippen LogP contribution < -0.4 is 0 Å². The van der Waals surface area contributed by atoms with Crippen LogP contribution >= 0.6 is 0 Å². The Morgan fingerprint density at radius 3 is 2.43 bits per heavy atom. The van der Waals surface area contributed by atoms with Gasteiger partial charge in [0.25, 0.3) is 5.91 Å². The highest BCUT2D eigenvalue weighted by Crippen LogP contribution is 2.35. The second-order valence-corrected chi connectivity index (χ2v) is 5.72. The fourth-order valence-electron chi connectivity index (χ4n) is 2.79. The van der Waals surface area contributed by atoms with Crippen LogP contribution in [-0.2, 0) is 4.79 Å². The molecule has 1 aromatic rings. The highest BCUT2D eigenvalue weighted by atomic mass is 16.4. The summed E-state index contributed by atoms with van der Waals surface area (Å²) < 4.78 is 0. The second-order valence-electron chi connectivity index (χ2n) is 5.72. The lowest BCUT2D eigenvalue weighted by Crippen LogP contribution is -2.46. The molecule has 0 unspecified atom stereocenters. The molecule has 0 spiro atoms. The van der Waals surface area contributed by atoms with Gasteiger partial charge in [0.15, 0.2) is 0 Å². The van der Waals surface area contributed by atoms with Crippen LogP contribution in [0.3, 0.4) is 0 Å². The number of carbonyl (C=O) groups is 2. The number of likely N-dealkylation sites (tertiary alicyclic amines) is 1. The molecule has 21 heavy (non-hydrogen) atoms. The largest absolute Gasteiger partial charge is 0.481 e. The number of aliphatic carboxylic acids is 1. The summed E-state index contributed by atoms with van der Waals surface area (Å²) in [5.74, 6) is -0.838. The number of aryl methyl sites for hydroxylation is 2. The van der Waals surface area contributed by atoms with Gasteiger partial charge in [-0.15, -0.1) is 0 Å². The van der Waals surface area contributed by atoms with Crippen molar-refractivity contribution >= 4 is 11.9 Å². The van der Waals surface area contributed by atoms with Crippen molar-refractivity contribution in [2.75, 3.05) is 13.1 Å². The van der Waals surface area contributed by atoms with Crippen LogP contribution in [0, 0.1) is 19.3 Å². The Labute approximate surface area is 124 Å². The maximum Gasteiger partial charge on any atom is 0.309 e. The molecule has 114 valence electrons. The molecule has 0 aliphatic carbocycles. The van der Waals surface area contributed by atoms with Gasteiger partial charge in [0.2, 0.25) is 0 Å². The van der Waals surface area contributed by atoms with Gasteiger partial charge >= 0.3 is 5.97 Å². The van der Waals surface area contributed by atoms with Crippen molar-refractivity contribution in [2.45, 2.75) is 40.0 Å². The summed E-state index contributed by atoms with van der Waals surface area (Å²) in [5, 5.41) is 17.3. The fourth-order valence-corrected chi connectivity index (χ4v) is 2.79. The highest BCUT2D eigenvalue weighted by Gasteiger charge is 2.41. The third-order valence-corrected chi connectivity index (χ3v) is 4.47. The summed E-state index contributed by atoms with van der Waals surface area (Å²) in [6.45, 7) is 6.40. The van der Waals surface area contributed by atoms with Gasteiger partial charge in [-0.05, 0) is 39.2 Å². The van der Waals surface area contributed by atoms with E-state index in [9.17, 15) is 14.7 Å². The van der Waals surface area contributed by atoms with Gasteiger partial charge in [-0.1, -0.05) is 6.92 Å². The van der Waals surface area contributed by atoms with Crippen LogP contribution in [0.5, 0.6) is 0 Å². The van der Waals surface area contributed by atoms with Crippen molar-refractivity contribution in [3.63, 3.8) is 0 Å². The molecule has 2 rings (SSSR count). The number of aromatic nitrogens is 2. The predicted octanol–water partition coefficient (Wildman–Crippen LogP) is 1.81. The second kappa shape index (κ2) is 5.79. The van der Waals surface area contributed by atoms with Crippen LogP contribution in [0.1, 0.15) is 47.9 Å². The first-order chi connectivity index (χ1) is 9.89. The summed E-state index contributed by atoms with van der Waals surface area (Å²) in [7, 11) is 0. The normalized spacial score (nSPS) is 17.6. The van der Waals surface area contributed by atoms with Crippen LogP contribution in [0.2, 0.25) is 0 Å². The number of carboxylic acids is 1. The number of hydrogen-bond donors (Lipinski definition) is 1. The standard InChI is InChI=1S/C15H21N3O3/c1-4-15(14(20)21)5-7-18(8-6-15)13(19)12-9-10(2)16-17-11(12)3/h9H,4-8H2,1-3H3,(H,20,21). The van der Waals surface area contributed by atoms with E-state index in [-0.39, 0.29) is 5.91 Å². The summed E-state index contributed by atoms with van der Waals surface area (Å²) >= 11 is 0. The van der Waals surface area contributed by atoms with E-state index in [1.165, 1.54) is 0 Å². The third-order valence-electron chi connectivity index (χ3n) is 4.47. The van der Waals surface area contributed by atoms with Crippen molar-refractivity contribution in [3.05, 3.63) is 23.0 Å². The summed E-state index contributed by atoms with van der Waals surface area (Å²) in [6.07, 6.45) is 1.60. The van der Waals surface area contributed by atoms with Crippen molar-refractivity contribution in [1.29, 1.82) is 0 Å². The minimum Gasteiger partial charge on any atom is -0.481 e. The maximum atomic E-state index is 12.6. The number of hydrogen-bond acceptors (Lipinski definition) is 4. The molecule has 0 saturated carbocycles. The molecule has 2 heterocycles. The zero-order chi connectivity index (χ0) is 15.6. The van der Waals surface area contributed by atoms with Crippen molar-refractivity contribution in [3.8, 4) is 0 Å². The van der Waals surface area contributed by atoms with Gasteiger partial charge in [-0.3, -0.25) is 9.59 Å². The highest BCUT2D eigenvalue weighted by molar-refractivity contribution is 5.95. The van der Waals surface area contributed by atoms with Crippen molar-refractivity contribution < 1.29 is 14.7 Å². The van der Waals surface area contributed by atoms with E-state index in [0.29, 0.717) is 49.3 Å².